The molecule has 1 unspecified atom stereocenters. The van der Waals surface area contributed by atoms with Crippen molar-refractivity contribution in [2.24, 2.45) is 5.84 Å². The Morgan fingerprint density at radius 1 is 1.70 bits per heavy atom. The number of carbonyl (C=O) groups excluding carboxylic acids is 1. The van der Waals surface area contributed by atoms with Gasteiger partial charge < -0.3 is 0 Å². The van der Waals surface area contributed by atoms with Crippen LogP contribution in [0.2, 0.25) is 0 Å². The fraction of sp³-hybridized carbons (Fsp3) is 0.692. The van der Waals surface area contributed by atoms with Gasteiger partial charge in [0.15, 0.2) is 5.01 Å². The molecular formula is C13H23N5OS. The Labute approximate surface area is 123 Å². The average Bonchev–Trinajstić information content (AvgIpc) is 3.06. The van der Waals surface area contributed by atoms with Gasteiger partial charge in [-0.15, -0.1) is 11.3 Å². The summed E-state index contributed by atoms with van der Waals surface area (Å²) in [6.07, 6.45) is 2.57. The molecule has 0 aliphatic carbocycles. The monoisotopic (exact) mass is 297 g/mol. The van der Waals surface area contributed by atoms with Gasteiger partial charge in [-0.3, -0.25) is 20.0 Å². The quantitative estimate of drug-likeness (QED) is 0.458. The Hall–Kier alpha value is -1.02. The number of hydrogen-bond acceptors (Lipinski definition) is 6. The molecule has 3 N–H and O–H groups in total. The van der Waals surface area contributed by atoms with Gasteiger partial charge in [0.1, 0.15) is 0 Å². The summed E-state index contributed by atoms with van der Waals surface area (Å²) < 4.78 is 0. The molecule has 1 amide bonds. The predicted octanol–water partition coefficient (Wildman–Crippen LogP) is 0.663. The molecule has 0 radical (unpaired) electrons. The lowest BCUT2D eigenvalue weighted by Crippen LogP contribution is -2.38. The van der Waals surface area contributed by atoms with E-state index in [4.69, 9.17) is 5.84 Å². The van der Waals surface area contributed by atoms with E-state index in [1.54, 1.807) is 0 Å². The van der Waals surface area contributed by atoms with Crippen molar-refractivity contribution in [3.05, 3.63) is 16.1 Å². The molecule has 20 heavy (non-hydrogen) atoms. The van der Waals surface area contributed by atoms with Crippen molar-refractivity contribution in [2.45, 2.75) is 32.4 Å². The molecule has 0 bridgehead atoms. The van der Waals surface area contributed by atoms with Crippen molar-refractivity contribution >= 4 is 17.2 Å². The van der Waals surface area contributed by atoms with Crippen LogP contribution in [0.1, 0.15) is 35.3 Å². The zero-order valence-corrected chi connectivity index (χ0v) is 12.9. The summed E-state index contributed by atoms with van der Waals surface area (Å²) in [6.45, 7) is 6.37. The van der Waals surface area contributed by atoms with Crippen molar-refractivity contribution in [1.29, 1.82) is 0 Å². The normalized spacial score (nSPS) is 19.7. The minimum absolute atomic E-state index is 0.322. The van der Waals surface area contributed by atoms with Gasteiger partial charge in [0.25, 0.3) is 5.91 Å². The first kappa shape index (κ1) is 15.4. The molecule has 1 saturated heterocycles. The SMILES string of the molecule is CCN1CCCC1CN(C)Cc1csc(C(=O)NN)n1. The highest BCUT2D eigenvalue weighted by Gasteiger charge is 2.24. The zero-order valence-electron chi connectivity index (χ0n) is 12.1. The fourth-order valence-corrected chi connectivity index (χ4v) is 3.48. The number of likely N-dealkylation sites (N-methyl/N-ethyl adjacent to an activating group) is 2. The van der Waals surface area contributed by atoms with Crippen LogP contribution in [0.15, 0.2) is 5.38 Å². The molecule has 1 atom stereocenters. The lowest BCUT2D eigenvalue weighted by molar-refractivity contribution is 0.0953. The second-order valence-corrected chi connectivity index (χ2v) is 6.10. The van der Waals surface area contributed by atoms with Crippen LogP contribution >= 0.6 is 11.3 Å². The van der Waals surface area contributed by atoms with Crippen LogP contribution in [0.5, 0.6) is 0 Å². The maximum Gasteiger partial charge on any atom is 0.294 e. The van der Waals surface area contributed by atoms with Gasteiger partial charge in [0, 0.05) is 24.5 Å². The molecule has 2 rings (SSSR count). The molecule has 0 spiro atoms. The number of nitrogens with zero attached hydrogens (tertiary/aromatic N) is 3. The molecule has 112 valence electrons. The highest BCUT2D eigenvalue weighted by atomic mass is 32.1. The molecule has 1 aromatic rings. The second kappa shape index (κ2) is 7.12. The number of hydrazine groups is 1. The minimum atomic E-state index is -0.322. The number of thiazole rings is 1. The third kappa shape index (κ3) is 3.76. The maximum absolute atomic E-state index is 11.4. The number of likely N-dealkylation sites (tertiary alicyclic amines) is 1. The first-order valence-electron chi connectivity index (χ1n) is 7.02. The fourth-order valence-electron chi connectivity index (χ4n) is 2.76. The number of carbonyl (C=O) groups is 1. The van der Waals surface area contributed by atoms with Crippen molar-refractivity contribution in [3.63, 3.8) is 0 Å². The van der Waals surface area contributed by atoms with E-state index in [2.05, 4.69) is 34.2 Å². The molecule has 0 aromatic carbocycles. The Morgan fingerprint density at radius 2 is 2.50 bits per heavy atom. The minimum Gasteiger partial charge on any atom is -0.299 e. The van der Waals surface area contributed by atoms with Crippen LogP contribution in [-0.4, -0.2) is 53.4 Å². The van der Waals surface area contributed by atoms with Crippen molar-refractivity contribution < 1.29 is 4.79 Å². The van der Waals surface area contributed by atoms with Gasteiger partial charge >= 0.3 is 0 Å². The third-order valence-electron chi connectivity index (χ3n) is 3.74. The standard InChI is InChI=1S/C13H23N5OS/c1-3-18-6-4-5-11(18)8-17(2)7-10-9-20-13(15-10)12(19)16-14/h9,11H,3-8,14H2,1-2H3,(H,16,19). The van der Waals surface area contributed by atoms with Crippen LogP contribution in [-0.2, 0) is 6.54 Å². The largest absolute Gasteiger partial charge is 0.299 e. The molecule has 1 aromatic heterocycles. The predicted molar refractivity (Wildman–Crippen MR) is 80.4 cm³/mol. The average molecular weight is 297 g/mol. The maximum atomic E-state index is 11.4. The van der Waals surface area contributed by atoms with Gasteiger partial charge in [-0.05, 0) is 33.0 Å². The second-order valence-electron chi connectivity index (χ2n) is 5.24. The van der Waals surface area contributed by atoms with E-state index in [1.807, 2.05) is 5.38 Å². The number of nitrogen functional groups attached to an aromatic ring is 1. The van der Waals surface area contributed by atoms with E-state index in [0.29, 0.717) is 11.0 Å². The van der Waals surface area contributed by atoms with Crippen LogP contribution in [0.3, 0.4) is 0 Å². The summed E-state index contributed by atoms with van der Waals surface area (Å²) in [5, 5.41) is 2.35. The molecule has 2 heterocycles. The smallest absolute Gasteiger partial charge is 0.294 e. The summed E-state index contributed by atoms with van der Waals surface area (Å²) in [5.41, 5.74) is 3.04. The van der Waals surface area contributed by atoms with E-state index in [0.717, 1.165) is 25.3 Å². The molecule has 0 saturated carbocycles. The van der Waals surface area contributed by atoms with E-state index < -0.39 is 0 Å². The Morgan fingerprint density at radius 3 is 3.20 bits per heavy atom. The molecule has 1 fully saturated rings. The number of nitrogens with two attached hydrogens (primary N) is 1. The summed E-state index contributed by atoms with van der Waals surface area (Å²) in [7, 11) is 2.11. The zero-order chi connectivity index (χ0) is 14.5. The molecular weight excluding hydrogens is 274 g/mol. The summed E-state index contributed by atoms with van der Waals surface area (Å²) in [5.74, 6) is 4.78. The van der Waals surface area contributed by atoms with Crippen molar-refractivity contribution in [1.82, 2.24) is 20.2 Å². The first-order valence-corrected chi connectivity index (χ1v) is 7.90. The Balaban J connectivity index is 1.86. The van der Waals surface area contributed by atoms with Gasteiger partial charge in [-0.1, -0.05) is 6.92 Å². The van der Waals surface area contributed by atoms with Gasteiger partial charge in [-0.25, -0.2) is 10.8 Å². The number of nitrogens with one attached hydrogen (secondary N) is 1. The number of rotatable bonds is 6. The van der Waals surface area contributed by atoms with E-state index >= 15 is 0 Å². The number of amides is 1. The summed E-state index contributed by atoms with van der Waals surface area (Å²) >= 11 is 1.33. The summed E-state index contributed by atoms with van der Waals surface area (Å²) in [6, 6.07) is 0.649. The van der Waals surface area contributed by atoms with Crippen LogP contribution in [0, 0.1) is 0 Å². The Kier molecular flexibility index (Phi) is 5.47. The van der Waals surface area contributed by atoms with Crippen LogP contribution in [0.4, 0.5) is 0 Å². The summed E-state index contributed by atoms with van der Waals surface area (Å²) in [4.78, 5) is 20.5. The first-order chi connectivity index (χ1) is 9.63. The Bertz CT molecular complexity index is 450. The van der Waals surface area contributed by atoms with Crippen LogP contribution < -0.4 is 11.3 Å². The topological polar surface area (TPSA) is 74.5 Å². The highest BCUT2D eigenvalue weighted by molar-refractivity contribution is 7.11. The highest BCUT2D eigenvalue weighted by Crippen LogP contribution is 2.18. The molecule has 7 heteroatoms. The molecule has 6 nitrogen and oxygen atoms in total. The lowest BCUT2D eigenvalue weighted by atomic mass is 10.2. The van der Waals surface area contributed by atoms with Gasteiger partial charge in [0.05, 0.1) is 5.69 Å². The molecule has 1 aliphatic rings. The number of hydrogen-bond donors (Lipinski definition) is 2. The molecule has 1 aliphatic heterocycles. The van der Waals surface area contributed by atoms with Gasteiger partial charge in [0.2, 0.25) is 0 Å². The number of aromatic nitrogens is 1. The van der Waals surface area contributed by atoms with E-state index in [1.165, 1.54) is 30.7 Å². The van der Waals surface area contributed by atoms with Crippen molar-refractivity contribution in [3.8, 4) is 0 Å². The third-order valence-corrected chi connectivity index (χ3v) is 4.63. The van der Waals surface area contributed by atoms with E-state index in [-0.39, 0.29) is 5.91 Å². The van der Waals surface area contributed by atoms with Crippen molar-refractivity contribution in [2.75, 3.05) is 26.7 Å². The van der Waals surface area contributed by atoms with Crippen LogP contribution in [0.25, 0.3) is 0 Å². The lowest BCUT2D eigenvalue weighted by Gasteiger charge is -2.27. The van der Waals surface area contributed by atoms with Gasteiger partial charge in [-0.2, -0.15) is 0 Å². The van der Waals surface area contributed by atoms with E-state index in [9.17, 15) is 4.79 Å².